The van der Waals surface area contributed by atoms with Crippen molar-refractivity contribution in [2.45, 2.75) is 69.9 Å². The normalized spacial score (nSPS) is 34.0. The number of likely N-dealkylation sites (N-methyl/N-ethyl adjacent to an activating group) is 1. The Kier molecular flexibility index (Phi) is 6.85. The number of hydrogen-bond donors (Lipinski definition) is 2. The first-order valence-electron chi connectivity index (χ1n) is 17.8. The fourth-order valence-electron chi connectivity index (χ4n) is 11.0. The predicted octanol–water partition coefficient (Wildman–Crippen LogP) is 6.33. The van der Waals surface area contributed by atoms with Gasteiger partial charge >= 0.3 is 5.97 Å². The molecule has 7 nitrogen and oxygen atoms in total. The van der Waals surface area contributed by atoms with Crippen LogP contribution in [-0.2, 0) is 27.2 Å². The highest BCUT2D eigenvalue weighted by molar-refractivity contribution is 5.88. The van der Waals surface area contributed by atoms with E-state index in [1.807, 2.05) is 0 Å². The molecule has 1 unspecified atom stereocenters. The second kappa shape index (κ2) is 10.9. The average Bonchev–Trinajstić information content (AvgIpc) is 3.60. The number of benzene rings is 2. The first-order valence-corrected chi connectivity index (χ1v) is 17.8. The number of carbonyl (C=O) groups is 2. The van der Waals surface area contributed by atoms with Gasteiger partial charge in [0.1, 0.15) is 5.78 Å². The smallest absolute Gasteiger partial charge is 0.310 e. The quantitative estimate of drug-likeness (QED) is 0.204. The highest BCUT2D eigenvalue weighted by Gasteiger charge is 2.51. The second-order valence-electron chi connectivity index (χ2n) is 15.3. The number of ether oxygens (including phenoxy) is 1. The Morgan fingerprint density at radius 1 is 0.957 bits per heavy atom. The van der Waals surface area contributed by atoms with E-state index in [2.05, 4.69) is 82.3 Å². The minimum Gasteiger partial charge on any atom is -0.469 e. The van der Waals surface area contributed by atoms with Crippen molar-refractivity contribution in [3.05, 3.63) is 82.2 Å². The minimum atomic E-state index is -0.224. The monoisotopic (exact) mass is 630 g/mol. The van der Waals surface area contributed by atoms with Crippen LogP contribution in [0.25, 0.3) is 21.8 Å². The number of methoxy groups -OCH3 is 1. The Morgan fingerprint density at radius 2 is 1.77 bits per heavy atom. The molecule has 47 heavy (non-hydrogen) atoms. The van der Waals surface area contributed by atoms with E-state index in [0.717, 1.165) is 50.8 Å². The summed E-state index contributed by atoms with van der Waals surface area (Å²) in [5.74, 6) is 1.37. The van der Waals surface area contributed by atoms with Crippen LogP contribution in [-0.4, -0.2) is 77.4 Å². The van der Waals surface area contributed by atoms with Crippen molar-refractivity contribution in [3.8, 4) is 0 Å². The van der Waals surface area contributed by atoms with Gasteiger partial charge in [-0.2, -0.15) is 0 Å². The van der Waals surface area contributed by atoms with Crippen LogP contribution in [0.5, 0.6) is 0 Å². The van der Waals surface area contributed by atoms with Crippen LogP contribution in [0.1, 0.15) is 73.0 Å². The van der Waals surface area contributed by atoms with Gasteiger partial charge < -0.3 is 14.7 Å². The van der Waals surface area contributed by atoms with Gasteiger partial charge in [0.2, 0.25) is 0 Å². The molecule has 9 atom stereocenters. The molecule has 3 saturated heterocycles. The van der Waals surface area contributed by atoms with Crippen LogP contribution in [0, 0.1) is 23.7 Å². The lowest BCUT2D eigenvalue weighted by Crippen LogP contribution is -2.57. The third-order valence-electron chi connectivity index (χ3n) is 13.1. The van der Waals surface area contributed by atoms with E-state index in [4.69, 9.17) is 4.74 Å². The van der Waals surface area contributed by atoms with Crippen LogP contribution in [0.15, 0.2) is 54.1 Å². The van der Waals surface area contributed by atoms with Gasteiger partial charge in [-0.1, -0.05) is 42.0 Å². The van der Waals surface area contributed by atoms with E-state index in [0.29, 0.717) is 23.7 Å². The summed E-state index contributed by atoms with van der Waals surface area (Å²) < 4.78 is 5.52. The molecule has 0 spiro atoms. The van der Waals surface area contributed by atoms with Crippen LogP contribution in [0.3, 0.4) is 0 Å². The van der Waals surface area contributed by atoms with Crippen molar-refractivity contribution in [1.29, 1.82) is 0 Å². The van der Waals surface area contributed by atoms with E-state index in [1.54, 1.807) is 14.0 Å². The number of esters is 1. The van der Waals surface area contributed by atoms with Crippen LogP contribution in [0.2, 0.25) is 0 Å². The molecule has 6 heterocycles. The number of rotatable bonds is 3. The van der Waals surface area contributed by atoms with Crippen LogP contribution < -0.4 is 0 Å². The molecule has 2 aromatic carbocycles. The number of likely N-dealkylation sites (tertiary alicyclic amines) is 1. The topological polar surface area (TPSA) is 81.4 Å². The first-order chi connectivity index (χ1) is 22.8. The number of para-hydroxylation sites is 1. The zero-order valence-corrected chi connectivity index (χ0v) is 28.0. The maximum absolute atomic E-state index is 13.6. The van der Waals surface area contributed by atoms with Gasteiger partial charge in [-0.15, -0.1) is 0 Å². The maximum Gasteiger partial charge on any atom is 0.310 e. The summed E-state index contributed by atoms with van der Waals surface area (Å²) in [7, 11) is 3.70. The molecule has 7 heteroatoms. The summed E-state index contributed by atoms with van der Waals surface area (Å²) >= 11 is 0. The highest BCUT2D eigenvalue weighted by Crippen LogP contribution is 2.52. The number of hydrogen-bond acceptors (Lipinski definition) is 5. The molecular weight excluding hydrogens is 584 g/mol. The van der Waals surface area contributed by atoms with Gasteiger partial charge in [-0.3, -0.25) is 19.4 Å². The molecule has 2 N–H and O–H groups in total. The number of piperidine rings is 3. The lowest BCUT2D eigenvalue weighted by Gasteiger charge is -2.52. The molecule has 4 aromatic rings. The van der Waals surface area contributed by atoms with E-state index in [-0.39, 0.29) is 35.7 Å². The van der Waals surface area contributed by atoms with Gasteiger partial charge in [0, 0.05) is 82.7 Å². The molecule has 2 aliphatic carbocycles. The van der Waals surface area contributed by atoms with E-state index < -0.39 is 0 Å². The van der Waals surface area contributed by atoms with Gasteiger partial charge in [0.05, 0.1) is 13.0 Å². The minimum absolute atomic E-state index is 0.0702. The number of H-pyrrole nitrogens is 2. The summed E-state index contributed by atoms with van der Waals surface area (Å²) in [6, 6.07) is 16.2. The number of ketones is 1. The number of nitrogens with one attached hydrogen (secondary N) is 2. The summed E-state index contributed by atoms with van der Waals surface area (Å²) in [4.78, 5) is 39.3. The average molecular weight is 631 g/mol. The molecule has 6 bridgehead atoms. The third kappa shape index (κ3) is 4.38. The lowest BCUT2D eigenvalue weighted by molar-refractivity contribution is -0.151. The Morgan fingerprint density at radius 3 is 2.57 bits per heavy atom. The molecule has 6 aliphatic rings. The van der Waals surface area contributed by atoms with E-state index in [9.17, 15) is 9.59 Å². The second-order valence-corrected chi connectivity index (χ2v) is 15.3. The first kappa shape index (κ1) is 29.5. The number of nitrogens with zero attached hydrogens (tertiary/aromatic N) is 2. The highest BCUT2D eigenvalue weighted by atomic mass is 16.5. The van der Waals surface area contributed by atoms with Gasteiger partial charge in [-0.25, -0.2) is 0 Å². The van der Waals surface area contributed by atoms with Gasteiger partial charge in [-0.05, 0) is 93.7 Å². The number of carbonyl (C=O) groups excluding carboxylic acids is 2. The van der Waals surface area contributed by atoms with Gasteiger partial charge in [0.25, 0.3) is 0 Å². The molecule has 2 aromatic heterocycles. The molecule has 0 amide bonds. The number of aromatic nitrogens is 2. The third-order valence-corrected chi connectivity index (χ3v) is 13.1. The molecule has 10 rings (SSSR count). The van der Waals surface area contributed by atoms with Crippen molar-refractivity contribution < 1.29 is 14.3 Å². The Hall–Kier alpha value is -3.68. The number of fused-ring (bicyclic) bond motifs is 9. The fourth-order valence-corrected chi connectivity index (χ4v) is 11.0. The van der Waals surface area contributed by atoms with Crippen molar-refractivity contribution in [3.63, 3.8) is 0 Å². The predicted molar refractivity (Wildman–Crippen MR) is 185 cm³/mol. The lowest BCUT2D eigenvalue weighted by atomic mass is 9.65. The molecule has 4 fully saturated rings. The summed E-state index contributed by atoms with van der Waals surface area (Å²) in [6.07, 6.45) is 7.14. The molecular formula is C40H46N4O3. The van der Waals surface area contributed by atoms with Crippen LogP contribution in [0.4, 0.5) is 0 Å². The Balaban J connectivity index is 1.19. The summed E-state index contributed by atoms with van der Waals surface area (Å²) in [5, 5.41) is 2.58. The number of aromatic amines is 2. The summed E-state index contributed by atoms with van der Waals surface area (Å²) in [6.45, 7) is 6.97. The largest absolute Gasteiger partial charge is 0.469 e. The molecule has 0 radical (unpaired) electrons. The Bertz CT molecular complexity index is 1950. The zero-order chi connectivity index (χ0) is 32.1. The van der Waals surface area contributed by atoms with Gasteiger partial charge in [0.15, 0.2) is 0 Å². The van der Waals surface area contributed by atoms with E-state index in [1.165, 1.54) is 56.4 Å². The van der Waals surface area contributed by atoms with E-state index >= 15 is 0 Å². The standard InChI is InChI=1S/C40H46N4O3/c1-5-23-20-43(3)35-18-31-25-8-6-7-9-33(25)41-38(31)30(17-29(23)36(35)40(46)47-4)24-10-11-26-27-12-13-44-19-22-14-28(21(2)45)39(44)32(15-22)37(27)42-34(26)16-24/h5-11,16,22,28-30,32,35-36,39,41-42H,12-15,17-20H2,1-4H3/b23-5-/t22-,28-,29+,30+,32+,35+,36+,39+/m1/s1. The maximum atomic E-state index is 13.6. The molecule has 1 saturated carbocycles. The molecule has 4 aliphatic heterocycles. The van der Waals surface area contributed by atoms with Crippen molar-refractivity contribution in [2.75, 3.05) is 33.8 Å². The molecule has 244 valence electrons. The van der Waals surface area contributed by atoms with Crippen LogP contribution >= 0.6 is 0 Å². The Labute approximate surface area is 276 Å². The SMILES string of the molecule is C/C=C1/CN(C)[C@H]2Cc3c([nH]c4ccccc34)[C@H](c3ccc4c5c([nH]c4c3)[C@@H]3C[C@H]4C[C@H](C(C)=O)[C@@H]3N(CC5)C4)C[C@@H]1[C@@H]2C(=O)OC. The van der Waals surface area contributed by atoms with Crippen molar-refractivity contribution >= 4 is 33.6 Å². The zero-order valence-electron chi connectivity index (χ0n) is 28.0. The number of allylic oxidation sites excluding steroid dienone is 1. The van der Waals surface area contributed by atoms with Crippen molar-refractivity contribution in [2.24, 2.45) is 23.7 Å². The summed E-state index contributed by atoms with van der Waals surface area (Å²) in [5.41, 5.74) is 10.4. The number of Topliss-reactive ketones (excluding diaryl/α,β-unsaturated/α-hetero) is 1. The fraction of sp³-hybridized carbons (Fsp3) is 0.500. The van der Waals surface area contributed by atoms with Crippen molar-refractivity contribution in [1.82, 2.24) is 19.8 Å².